The Labute approximate surface area is 111 Å². The molecule has 0 spiro atoms. The molecule has 0 amide bonds. The van der Waals surface area contributed by atoms with Crippen LogP contribution in [0.1, 0.15) is 11.4 Å². The van der Waals surface area contributed by atoms with E-state index in [4.69, 9.17) is 0 Å². The van der Waals surface area contributed by atoms with Crippen molar-refractivity contribution >= 4 is 10.9 Å². The van der Waals surface area contributed by atoms with Gasteiger partial charge in [-0.25, -0.2) is 4.98 Å². The number of hydrogen-bond donors (Lipinski definition) is 1. The van der Waals surface area contributed by atoms with Crippen LogP contribution in [0.15, 0.2) is 36.8 Å². The summed E-state index contributed by atoms with van der Waals surface area (Å²) in [4.78, 5) is 4.29. The van der Waals surface area contributed by atoms with Crippen molar-refractivity contribution in [1.82, 2.24) is 24.6 Å². The predicted molar refractivity (Wildman–Crippen MR) is 74.8 cm³/mol. The molecule has 2 heterocycles. The van der Waals surface area contributed by atoms with Crippen LogP contribution >= 0.6 is 0 Å². The van der Waals surface area contributed by atoms with Crippen LogP contribution in [-0.2, 0) is 20.1 Å². The van der Waals surface area contributed by atoms with E-state index in [1.54, 1.807) is 6.33 Å². The molecule has 0 unspecified atom stereocenters. The molecule has 1 aromatic carbocycles. The Kier molecular flexibility index (Phi) is 3.05. The lowest BCUT2D eigenvalue weighted by Gasteiger charge is -2.04. The number of aryl methyl sites for hydroxylation is 1. The smallest absolute Gasteiger partial charge is 0.146 e. The lowest BCUT2D eigenvalue weighted by molar-refractivity contribution is 0.662. The second kappa shape index (κ2) is 4.85. The molecule has 2 aromatic heterocycles. The molecule has 5 nitrogen and oxygen atoms in total. The Morgan fingerprint density at radius 2 is 2.11 bits per heavy atom. The molecule has 19 heavy (non-hydrogen) atoms. The summed E-state index contributed by atoms with van der Waals surface area (Å²) in [5.74, 6) is 0.955. The number of nitrogens with one attached hydrogen (secondary N) is 1. The van der Waals surface area contributed by atoms with Gasteiger partial charge in [0.1, 0.15) is 12.2 Å². The second-order valence-corrected chi connectivity index (χ2v) is 4.63. The summed E-state index contributed by atoms with van der Waals surface area (Å²) >= 11 is 0. The first kappa shape index (κ1) is 11.9. The number of benzene rings is 1. The van der Waals surface area contributed by atoms with Gasteiger partial charge >= 0.3 is 0 Å². The molecule has 0 radical (unpaired) electrons. The topological polar surface area (TPSA) is 47.7 Å². The van der Waals surface area contributed by atoms with E-state index in [0.717, 1.165) is 18.9 Å². The molecule has 0 aliphatic rings. The summed E-state index contributed by atoms with van der Waals surface area (Å²) in [5.41, 5.74) is 2.54. The van der Waals surface area contributed by atoms with Crippen molar-refractivity contribution in [2.75, 3.05) is 7.05 Å². The van der Waals surface area contributed by atoms with Crippen LogP contribution in [0.3, 0.4) is 0 Å². The molecule has 3 rings (SSSR count). The average Bonchev–Trinajstić information content (AvgIpc) is 2.97. The minimum Gasteiger partial charge on any atom is -0.340 e. The van der Waals surface area contributed by atoms with Gasteiger partial charge in [0, 0.05) is 30.7 Å². The standard InChI is InChI=1S/C14H17N5/c1-15-7-11-8-19(9-14-16-10-17-18(14)2)13-6-4-3-5-12(11)13/h3-6,8,10,15H,7,9H2,1-2H3. The van der Waals surface area contributed by atoms with E-state index in [-0.39, 0.29) is 0 Å². The summed E-state index contributed by atoms with van der Waals surface area (Å²) in [6, 6.07) is 8.45. The number of rotatable bonds is 4. The lowest BCUT2D eigenvalue weighted by atomic mass is 10.2. The maximum absolute atomic E-state index is 4.29. The third-order valence-corrected chi connectivity index (χ3v) is 3.36. The van der Waals surface area contributed by atoms with Gasteiger partial charge < -0.3 is 9.88 Å². The summed E-state index contributed by atoms with van der Waals surface area (Å²) in [6.07, 6.45) is 3.78. The molecule has 98 valence electrons. The van der Waals surface area contributed by atoms with Crippen LogP contribution in [0, 0.1) is 0 Å². The SMILES string of the molecule is CNCc1cn(Cc2ncnn2C)c2ccccc12. The Bertz CT molecular complexity index is 695. The summed E-state index contributed by atoms with van der Waals surface area (Å²) in [5, 5.41) is 8.62. The molecular weight excluding hydrogens is 238 g/mol. The van der Waals surface area contributed by atoms with E-state index in [0.29, 0.717) is 0 Å². The Morgan fingerprint density at radius 1 is 1.26 bits per heavy atom. The molecule has 5 heteroatoms. The largest absolute Gasteiger partial charge is 0.340 e. The lowest BCUT2D eigenvalue weighted by Crippen LogP contribution is -2.06. The van der Waals surface area contributed by atoms with Crippen molar-refractivity contribution in [1.29, 1.82) is 0 Å². The molecule has 1 N–H and O–H groups in total. The number of hydrogen-bond acceptors (Lipinski definition) is 3. The van der Waals surface area contributed by atoms with E-state index < -0.39 is 0 Å². The van der Waals surface area contributed by atoms with Crippen molar-refractivity contribution in [3.63, 3.8) is 0 Å². The zero-order valence-corrected chi connectivity index (χ0v) is 11.2. The number of aromatic nitrogens is 4. The Hall–Kier alpha value is -2.14. The van der Waals surface area contributed by atoms with E-state index in [1.165, 1.54) is 16.5 Å². The second-order valence-electron chi connectivity index (χ2n) is 4.63. The first-order chi connectivity index (χ1) is 9.29. The number of para-hydroxylation sites is 1. The molecule has 0 aliphatic heterocycles. The quantitative estimate of drug-likeness (QED) is 0.769. The highest BCUT2D eigenvalue weighted by Crippen LogP contribution is 2.21. The third kappa shape index (κ3) is 2.13. The third-order valence-electron chi connectivity index (χ3n) is 3.36. The fraction of sp³-hybridized carbons (Fsp3) is 0.286. The van der Waals surface area contributed by atoms with E-state index in [9.17, 15) is 0 Å². The van der Waals surface area contributed by atoms with Gasteiger partial charge in [0.05, 0.1) is 6.54 Å². The molecule has 0 saturated heterocycles. The van der Waals surface area contributed by atoms with Gasteiger partial charge in [-0.15, -0.1) is 0 Å². The van der Waals surface area contributed by atoms with E-state index in [2.05, 4.69) is 50.4 Å². The zero-order chi connectivity index (χ0) is 13.2. The monoisotopic (exact) mass is 255 g/mol. The van der Waals surface area contributed by atoms with Crippen molar-refractivity contribution in [2.45, 2.75) is 13.1 Å². The van der Waals surface area contributed by atoms with Crippen molar-refractivity contribution in [3.05, 3.63) is 48.2 Å². The van der Waals surface area contributed by atoms with Crippen LogP contribution in [0.5, 0.6) is 0 Å². The fourth-order valence-electron chi connectivity index (χ4n) is 2.40. The van der Waals surface area contributed by atoms with Crippen LogP contribution in [0.4, 0.5) is 0 Å². The first-order valence-corrected chi connectivity index (χ1v) is 6.34. The highest BCUT2D eigenvalue weighted by Gasteiger charge is 2.09. The maximum Gasteiger partial charge on any atom is 0.146 e. The molecule has 0 bridgehead atoms. The minimum atomic E-state index is 0.737. The maximum atomic E-state index is 4.29. The van der Waals surface area contributed by atoms with Gasteiger partial charge in [-0.2, -0.15) is 5.10 Å². The van der Waals surface area contributed by atoms with Crippen LogP contribution < -0.4 is 5.32 Å². The van der Waals surface area contributed by atoms with Crippen LogP contribution in [0.2, 0.25) is 0 Å². The summed E-state index contributed by atoms with van der Waals surface area (Å²) < 4.78 is 4.04. The molecular formula is C14H17N5. The predicted octanol–water partition coefficient (Wildman–Crippen LogP) is 1.54. The molecule has 0 saturated carbocycles. The summed E-state index contributed by atoms with van der Waals surface area (Å²) in [7, 11) is 3.89. The molecule has 0 fully saturated rings. The zero-order valence-electron chi connectivity index (χ0n) is 11.2. The minimum absolute atomic E-state index is 0.737. The molecule has 3 aromatic rings. The fourth-order valence-corrected chi connectivity index (χ4v) is 2.40. The van der Waals surface area contributed by atoms with E-state index in [1.807, 2.05) is 18.8 Å². The van der Waals surface area contributed by atoms with Gasteiger partial charge in [0.25, 0.3) is 0 Å². The van der Waals surface area contributed by atoms with Crippen molar-refractivity contribution in [2.24, 2.45) is 7.05 Å². The highest BCUT2D eigenvalue weighted by molar-refractivity contribution is 5.84. The highest BCUT2D eigenvalue weighted by atomic mass is 15.3. The molecule has 0 aliphatic carbocycles. The van der Waals surface area contributed by atoms with E-state index >= 15 is 0 Å². The Balaban J connectivity index is 2.06. The van der Waals surface area contributed by atoms with Gasteiger partial charge in [-0.05, 0) is 18.7 Å². The van der Waals surface area contributed by atoms with Gasteiger partial charge in [0.2, 0.25) is 0 Å². The van der Waals surface area contributed by atoms with Gasteiger partial charge in [-0.3, -0.25) is 4.68 Å². The summed E-state index contributed by atoms with van der Waals surface area (Å²) in [6.45, 7) is 1.60. The van der Waals surface area contributed by atoms with Gasteiger partial charge in [-0.1, -0.05) is 18.2 Å². The Morgan fingerprint density at radius 3 is 2.84 bits per heavy atom. The van der Waals surface area contributed by atoms with Gasteiger partial charge in [0.15, 0.2) is 0 Å². The number of nitrogens with zero attached hydrogens (tertiary/aromatic N) is 4. The number of fused-ring (bicyclic) bond motifs is 1. The molecule has 0 atom stereocenters. The average molecular weight is 255 g/mol. The van der Waals surface area contributed by atoms with Crippen molar-refractivity contribution in [3.8, 4) is 0 Å². The normalized spacial score (nSPS) is 11.3. The van der Waals surface area contributed by atoms with Crippen LogP contribution in [-0.4, -0.2) is 26.4 Å². The van der Waals surface area contributed by atoms with Crippen LogP contribution in [0.25, 0.3) is 10.9 Å². The first-order valence-electron chi connectivity index (χ1n) is 6.34. The van der Waals surface area contributed by atoms with Crippen molar-refractivity contribution < 1.29 is 0 Å².